The van der Waals surface area contributed by atoms with E-state index >= 15 is 0 Å². The largest absolute Gasteiger partial charge is 0.389 e. The predicted octanol–water partition coefficient (Wildman–Crippen LogP) is 2.39. The van der Waals surface area contributed by atoms with Crippen molar-refractivity contribution in [2.24, 2.45) is 0 Å². The summed E-state index contributed by atoms with van der Waals surface area (Å²) in [4.78, 5) is 15.8. The van der Waals surface area contributed by atoms with Crippen LogP contribution in [0.3, 0.4) is 0 Å². The number of benzene rings is 1. The minimum Gasteiger partial charge on any atom is -0.389 e. The Labute approximate surface area is 105 Å². The monoisotopic (exact) mass is 242 g/mol. The number of hydrogen-bond acceptors (Lipinski definition) is 3. The summed E-state index contributed by atoms with van der Waals surface area (Å²) in [5.74, 6) is -0.194. The number of amides is 1. The van der Waals surface area contributed by atoms with Gasteiger partial charge in [0.15, 0.2) is 0 Å². The smallest absolute Gasteiger partial charge is 0.255 e. The molecule has 0 aliphatic carbocycles. The molecular formula is C14H14N2O2. The van der Waals surface area contributed by atoms with Gasteiger partial charge in [0, 0.05) is 23.6 Å². The van der Waals surface area contributed by atoms with Crippen LogP contribution in [0.1, 0.15) is 28.9 Å². The highest BCUT2D eigenvalue weighted by Gasteiger charge is 2.06. The summed E-state index contributed by atoms with van der Waals surface area (Å²) in [6.45, 7) is 1.68. The van der Waals surface area contributed by atoms with Crippen LogP contribution >= 0.6 is 0 Å². The first-order chi connectivity index (χ1) is 8.66. The first-order valence-electron chi connectivity index (χ1n) is 5.66. The van der Waals surface area contributed by atoms with E-state index in [2.05, 4.69) is 10.3 Å². The second-order valence-electron chi connectivity index (χ2n) is 3.99. The zero-order chi connectivity index (χ0) is 13.0. The number of rotatable bonds is 3. The van der Waals surface area contributed by atoms with Gasteiger partial charge >= 0.3 is 0 Å². The van der Waals surface area contributed by atoms with Crippen molar-refractivity contribution in [3.05, 3.63) is 59.9 Å². The molecule has 1 atom stereocenters. The van der Waals surface area contributed by atoms with Crippen LogP contribution in [-0.2, 0) is 0 Å². The van der Waals surface area contributed by atoms with Gasteiger partial charge in [0.2, 0.25) is 0 Å². The van der Waals surface area contributed by atoms with Crippen LogP contribution in [0.4, 0.5) is 5.69 Å². The van der Waals surface area contributed by atoms with Crippen molar-refractivity contribution in [1.82, 2.24) is 4.98 Å². The molecule has 1 unspecified atom stereocenters. The summed E-state index contributed by atoms with van der Waals surface area (Å²) >= 11 is 0. The maximum Gasteiger partial charge on any atom is 0.255 e. The standard InChI is InChI=1S/C14H14N2O2/c1-10(17)12-3-2-4-13(9-12)16-14(18)11-5-7-15-8-6-11/h2-10,17H,1H3,(H,16,18). The summed E-state index contributed by atoms with van der Waals surface area (Å²) < 4.78 is 0. The molecule has 4 nitrogen and oxygen atoms in total. The van der Waals surface area contributed by atoms with Crippen molar-refractivity contribution in [2.75, 3.05) is 5.32 Å². The Bertz CT molecular complexity index is 539. The third-order valence-electron chi connectivity index (χ3n) is 2.57. The molecule has 4 heteroatoms. The molecule has 92 valence electrons. The number of pyridine rings is 1. The van der Waals surface area contributed by atoms with Gasteiger partial charge in [0.25, 0.3) is 5.91 Å². The van der Waals surface area contributed by atoms with Crippen LogP contribution in [-0.4, -0.2) is 16.0 Å². The fourth-order valence-electron chi connectivity index (χ4n) is 1.58. The van der Waals surface area contributed by atoms with Gasteiger partial charge in [0.1, 0.15) is 0 Å². The Morgan fingerprint density at radius 2 is 2.00 bits per heavy atom. The third kappa shape index (κ3) is 2.93. The molecule has 2 aromatic rings. The Kier molecular flexibility index (Phi) is 3.69. The lowest BCUT2D eigenvalue weighted by Crippen LogP contribution is -2.12. The molecule has 0 bridgehead atoms. The van der Waals surface area contributed by atoms with Crippen LogP contribution in [0.15, 0.2) is 48.8 Å². The SMILES string of the molecule is CC(O)c1cccc(NC(=O)c2ccncc2)c1. The van der Waals surface area contributed by atoms with Crippen LogP contribution in [0.25, 0.3) is 0 Å². The van der Waals surface area contributed by atoms with E-state index in [9.17, 15) is 9.90 Å². The Balaban J connectivity index is 2.15. The minimum absolute atomic E-state index is 0.194. The van der Waals surface area contributed by atoms with Gasteiger partial charge < -0.3 is 10.4 Å². The van der Waals surface area contributed by atoms with Crippen molar-refractivity contribution in [3.8, 4) is 0 Å². The van der Waals surface area contributed by atoms with Crippen LogP contribution in [0.2, 0.25) is 0 Å². The molecule has 0 aliphatic heterocycles. The van der Waals surface area contributed by atoms with Crippen molar-refractivity contribution >= 4 is 11.6 Å². The molecule has 0 fully saturated rings. The van der Waals surface area contributed by atoms with E-state index in [1.54, 1.807) is 49.6 Å². The average molecular weight is 242 g/mol. The number of hydrogen-bond donors (Lipinski definition) is 2. The Morgan fingerprint density at radius 3 is 2.67 bits per heavy atom. The first-order valence-corrected chi connectivity index (χ1v) is 5.66. The lowest BCUT2D eigenvalue weighted by atomic mass is 10.1. The van der Waals surface area contributed by atoms with E-state index in [-0.39, 0.29) is 5.91 Å². The van der Waals surface area contributed by atoms with E-state index in [1.807, 2.05) is 6.07 Å². The molecule has 1 aromatic carbocycles. The van der Waals surface area contributed by atoms with E-state index in [0.717, 1.165) is 5.56 Å². The molecule has 0 saturated heterocycles. The summed E-state index contributed by atoms with van der Waals surface area (Å²) in [7, 11) is 0. The number of aromatic nitrogens is 1. The van der Waals surface area contributed by atoms with Gasteiger partial charge in [-0.3, -0.25) is 9.78 Å². The zero-order valence-electron chi connectivity index (χ0n) is 10.00. The highest BCUT2D eigenvalue weighted by Crippen LogP contribution is 2.17. The second-order valence-corrected chi connectivity index (χ2v) is 3.99. The average Bonchev–Trinajstić information content (AvgIpc) is 2.40. The fraction of sp³-hybridized carbons (Fsp3) is 0.143. The number of nitrogens with one attached hydrogen (secondary N) is 1. The Hall–Kier alpha value is -2.20. The summed E-state index contributed by atoms with van der Waals surface area (Å²) in [6.07, 6.45) is 2.59. The molecule has 0 aliphatic rings. The van der Waals surface area contributed by atoms with Crippen molar-refractivity contribution in [2.45, 2.75) is 13.0 Å². The summed E-state index contributed by atoms with van der Waals surface area (Å²) in [5, 5.41) is 12.3. The van der Waals surface area contributed by atoms with E-state index in [1.165, 1.54) is 0 Å². The van der Waals surface area contributed by atoms with Gasteiger partial charge in [-0.05, 0) is 36.8 Å². The minimum atomic E-state index is -0.553. The highest BCUT2D eigenvalue weighted by molar-refractivity contribution is 6.04. The molecule has 0 saturated carbocycles. The van der Waals surface area contributed by atoms with Gasteiger partial charge in [-0.25, -0.2) is 0 Å². The number of aliphatic hydroxyl groups excluding tert-OH is 1. The molecule has 0 radical (unpaired) electrons. The highest BCUT2D eigenvalue weighted by atomic mass is 16.3. The van der Waals surface area contributed by atoms with Crippen molar-refractivity contribution in [3.63, 3.8) is 0 Å². The zero-order valence-corrected chi connectivity index (χ0v) is 10.00. The topological polar surface area (TPSA) is 62.2 Å². The molecule has 1 heterocycles. The number of carbonyl (C=O) groups excluding carboxylic acids is 1. The molecule has 0 spiro atoms. The number of nitrogens with zero attached hydrogens (tertiary/aromatic N) is 1. The fourth-order valence-corrected chi connectivity index (χ4v) is 1.58. The van der Waals surface area contributed by atoms with Crippen molar-refractivity contribution < 1.29 is 9.90 Å². The summed E-state index contributed by atoms with van der Waals surface area (Å²) in [5.41, 5.74) is 1.98. The number of aliphatic hydroxyl groups is 1. The predicted molar refractivity (Wildman–Crippen MR) is 69.3 cm³/mol. The molecule has 2 N–H and O–H groups in total. The quantitative estimate of drug-likeness (QED) is 0.868. The second kappa shape index (κ2) is 5.42. The number of carbonyl (C=O) groups is 1. The lowest BCUT2D eigenvalue weighted by Gasteiger charge is -2.09. The van der Waals surface area contributed by atoms with E-state index < -0.39 is 6.10 Å². The van der Waals surface area contributed by atoms with Crippen LogP contribution in [0.5, 0.6) is 0 Å². The number of anilines is 1. The summed E-state index contributed by atoms with van der Waals surface area (Å²) in [6, 6.07) is 10.4. The normalized spacial score (nSPS) is 11.9. The van der Waals surface area contributed by atoms with Gasteiger partial charge in [-0.2, -0.15) is 0 Å². The van der Waals surface area contributed by atoms with Gasteiger partial charge in [-0.15, -0.1) is 0 Å². The Morgan fingerprint density at radius 1 is 1.28 bits per heavy atom. The molecular weight excluding hydrogens is 228 g/mol. The third-order valence-corrected chi connectivity index (χ3v) is 2.57. The van der Waals surface area contributed by atoms with Crippen molar-refractivity contribution in [1.29, 1.82) is 0 Å². The molecule has 1 aromatic heterocycles. The maximum atomic E-state index is 11.9. The lowest BCUT2D eigenvalue weighted by molar-refractivity contribution is 0.102. The van der Waals surface area contributed by atoms with Crippen LogP contribution in [0, 0.1) is 0 Å². The molecule has 1 amide bonds. The molecule has 18 heavy (non-hydrogen) atoms. The van der Waals surface area contributed by atoms with E-state index in [4.69, 9.17) is 0 Å². The maximum absolute atomic E-state index is 11.9. The van der Waals surface area contributed by atoms with Gasteiger partial charge in [0.05, 0.1) is 6.10 Å². The molecule has 2 rings (SSSR count). The van der Waals surface area contributed by atoms with E-state index in [0.29, 0.717) is 11.3 Å². The van der Waals surface area contributed by atoms with Crippen LogP contribution < -0.4 is 5.32 Å². The van der Waals surface area contributed by atoms with Gasteiger partial charge in [-0.1, -0.05) is 12.1 Å². The first kappa shape index (κ1) is 12.3.